The first-order valence-electron chi connectivity index (χ1n) is 25.6. The topological polar surface area (TPSA) is 206 Å². The highest BCUT2D eigenvalue weighted by Gasteiger charge is 2.46. The first-order valence-corrected chi connectivity index (χ1v) is 25.6. The number of likely N-dealkylation sites (N-methyl/N-ethyl adjacent to an activating group) is 1. The lowest BCUT2D eigenvalue weighted by Crippen LogP contribution is -2.52. The van der Waals surface area contributed by atoms with Gasteiger partial charge in [0.15, 0.2) is 34.9 Å². The number of hydrogen-bond donors (Lipinski definition) is 5. The quantitative estimate of drug-likeness (QED) is 0.0614. The Morgan fingerprint density at radius 3 is 1.99 bits per heavy atom. The number of nitrogens with one attached hydrogen (secondary N) is 5. The summed E-state index contributed by atoms with van der Waals surface area (Å²) < 4.78 is 48.8. The Labute approximate surface area is 438 Å². The zero-order valence-corrected chi connectivity index (χ0v) is 43.2. The molecule has 8 heterocycles. The number of anilines is 3. The van der Waals surface area contributed by atoms with E-state index in [1.807, 2.05) is 93.7 Å². The van der Waals surface area contributed by atoms with Crippen molar-refractivity contribution in [1.82, 2.24) is 70.0 Å². The first-order chi connectivity index (χ1) is 36.5. The zero-order valence-electron chi connectivity index (χ0n) is 43.2. The van der Waals surface area contributed by atoms with E-state index < -0.39 is 23.3 Å². The minimum atomic E-state index is -1.57. The van der Waals surface area contributed by atoms with Crippen molar-refractivity contribution in [3.05, 3.63) is 161 Å². The number of allylic oxidation sites excluding steroid dienone is 4. The van der Waals surface area contributed by atoms with E-state index >= 15 is 4.39 Å². The van der Waals surface area contributed by atoms with E-state index in [-0.39, 0.29) is 48.6 Å². The van der Waals surface area contributed by atoms with Gasteiger partial charge >= 0.3 is 0 Å². The number of alkyl halides is 1. The van der Waals surface area contributed by atoms with Crippen LogP contribution in [0, 0.1) is 37.3 Å². The number of H-pyrrole nitrogens is 1. The normalized spacial score (nSPS) is 20.5. The number of pyridine rings is 3. The summed E-state index contributed by atoms with van der Waals surface area (Å²) in [5, 5.41) is 33.3. The highest BCUT2D eigenvalue weighted by Crippen LogP contribution is 2.42. The molecule has 0 bridgehead atoms. The maximum atomic E-state index is 17.2. The Kier molecular flexibility index (Phi) is 14.4. The van der Waals surface area contributed by atoms with Crippen LogP contribution in [-0.4, -0.2) is 90.0 Å². The number of hydrogen-bond acceptors (Lipinski definition) is 12. The molecule has 21 heteroatoms. The SMILES string of the molecule is CC1=CC(C2(F)CCC(C(=O)N[C@@H](C)c3ccc(-n4cc(F)cn4)nc3)CC2)N(C)C(Nc2cc(C)n(Cc3cc(Nc4cc(C)[nH]n4)nc(C4=CCC(C(=O)N[C@@H](C)c5ccc(-n6cc(F)cn6)nc5)CC4)c3)n2)=C1. The molecule has 0 radical (unpaired) electrons. The molecular weight excluding hydrogens is 974 g/mol. The summed E-state index contributed by atoms with van der Waals surface area (Å²) in [6.07, 6.45) is 17.2. The number of rotatable bonds is 16. The number of halogens is 3. The van der Waals surface area contributed by atoms with Crippen LogP contribution in [0.2, 0.25) is 0 Å². The molecule has 0 saturated heterocycles. The predicted octanol–water partition coefficient (Wildman–Crippen LogP) is 9.20. The molecule has 1 fully saturated rings. The van der Waals surface area contributed by atoms with Gasteiger partial charge in [-0.1, -0.05) is 24.3 Å². The second kappa shape index (κ2) is 21.5. The summed E-state index contributed by atoms with van der Waals surface area (Å²) in [5.41, 5.74) is 5.56. The Morgan fingerprint density at radius 2 is 1.43 bits per heavy atom. The molecule has 76 heavy (non-hydrogen) atoms. The van der Waals surface area contributed by atoms with Gasteiger partial charge in [0.1, 0.15) is 17.3 Å². The monoisotopic (exact) mass is 1030 g/mol. The molecule has 394 valence electrons. The van der Waals surface area contributed by atoms with Gasteiger partial charge in [-0.3, -0.25) is 19.4 Å². The lowest BCUT2D eigenvalue weighted by Gasteiger charge is -2.45. The molecule has 0 aromatic carbocycles. The summed E-state index contributed by atoms with van der Waals surface area (Å²) in [7, 11) is 1.89. The summed E-state index contributed by atoms with van der Waals surface area (Å²) in [4.78, 5) is 42.8. The van der Waals surface area contributed by atoms with Gasteiger partial charge in [0.25, 0.3) is 0 Å². The van der Waals surface area contributed by atoms with Crippen molar-refractivity contribution in [2.45, 2.75) is 110 Å². The second-order valence-electron chi connectivity index (χ2n) is 20.3. The third-order valence-electron chi connectivity index (χ3n) is 14.7. The predicted molar refractivity (Wildman–Crippen MR) is 281 cm³/mol. The van der Waals surface area contributed by atoms with E-state index in [1.165, 1.54) is 21.8 Å². The van der Waals surface area contributed by atoms with E-state index in [2.05, 4.69) is 63.8 Å². The fourth-order valence-electron chi connectivity index (χ4n) is 10.3. The van der Waals surface area contributed by atoms with Crippen molar-refractivity contribution >= 4 is 34.8 Å². The standard InChI is InChI=1S/C55H61F3N16O2/c1-32-19-46(55(58)17-15-40(16-18-55)54(76)64-36(5)42-12-14-51(60-26-42)74-31-44(57)28-62-74)71(6)52(20-32)67-49-22-34(3)72(70-49)29-37-23-45(65-47(24-37)66-48-21-33(2)68-69-48)38-7-9-39(10-8-38)53(75)63-35(4)41-11-13-50(59-25-41)73-30-43(56)27-61-73/h7,11-14,19-28,30-31,35-36,39-40,46H,8-10,15-18,29H2,1-6H3,(H,63,75)(H,64,76)(H,67,70)(H2,65,66,68,69)/t35-,36-,39?,40?,46?,55?/m0/s1. The third-order valence-corrected chi connectivity index (χ3v) is 14.7. The van der Waals surface area contributed by atoms with E-state index in [9.17, 15) is 18.4 Å². The molecule has 4 atom stereocenters. The lowest BCUT2D eigenvalue weighted by atomic mass is 9.74. The van der Waals surface area contributed by atoms with E-state index in [0.29, 0.717) is 73.6 Å². The molecule has 18 nitrogen and oxygen atoms in total. The number of carbonyl (C=O) groups is 2. The summed E-state index contributed by atoms with van der Waals surface area (Å²) in [5.74, 6) is 1.89. The molecule has 7 aromatic rings. The average molecular weight is 1040 g/mol. The number of aryl methyl sites for hydroxylation is 2. The first kappa shape index (κ1) is 51.1. The van der Waals surface area contributed by atoms with Crippen molar-refractivity contribution in [1.29, 1.82) is 0 Å². The smallest absolute Gasteiger partial charge is 0.223 e. The van der Waals surface area contributed by atoms with Gasteiger partial charge < -0.3 is 26.2 Å². The van der Waals surface area contributed by atoms with Crippen molar-refractivity contribution in [2.75, 3.05) is 17.7 Å². The molecular formula is C55H61F3N16O2. The Bertz CT molecular complexity index is 3330. The Morgan fingerprint density at radius 1 is 0.789 bits per heavy atom. The molecule has 7 aromatic heterocycles. The van der Waals surface area contributed by atoms with Crippen LogP contribution in [0.1, 0.15) is 112 Å². The van der Waals surface area contributed by atoms with Crippen molar-refractivity contribution in [3.8, 4) is 11.6 Å². The van der Waals surface area contributed by atoms with Crippen LogP contribution in [-0.2, 0) is 16.1 Å². The number of aromatic amines is 1. The van der Waals surface area contributed by atoms with Crippen LogP contribution in [0.3, 0.4) is 0 Å². The van der Waals surface area contributed by atoms with Gasteiger partial charge in [0.2, 0.25) is 11.8 Å². The van der Waals surface area contributed by atoms with Gasteiger partial charge in [-0.15, -0.1) is 0 Å². The van der Waals surface area contributed by atoms with Crippen LogP contribution in [0.4, 0.5) is 30.6 Å². The van der Waals surface area contributed by atoms with Crippen molar-refractivity contribution in [2.24, 2.45) is 11.8 Å². The molecule has 3 aliphatic rings. The Balaban J connectivity index is 0.766. The molecule has 2 aliphatic carbocycles. The zero-order chi connectivity index (χ0) is 53.3. The molecule has 2 amide bonds. The van der Waals surface area contributed by atoms with Crippen LogP contribution in [0.25, 0.3) is 17.2 Å². The van der Waals surface area contributed by atoms with Gasteiger partial charge in [-0.05, 0) is 138 Å². The molecule has 10 rings (SSSR count). The van der Waals surface area contributed by atoms with Gasteiger partial charge in [-0.2, -0.15) is 20.4 Å². The minimum Gasteiger partial charge on any atom is -0.351 e. The van der Waals surface area contributed by atoms with Gasteiger partial charge in [-0.25, -0.2) is 37.5 Å². The third kappa shape index (κ3) is 11.5. The highest BCUT2D eigenvalue weighted by molar-refractivity contribution is 5.81. The maximum Gasteiger partial charge on any atom is 0.223 e. The van der Waals surface area contributed by atoms with Crippen LogP contribution in [0.5, 0.6) is 0 Å². The highest BCUT2D eigenvalue weighted by atomic mass is 19.1. The van der Waals surface area contributed by atoms with Crippen molar-refractivity contribution in [3.63, 3.8) is 0 Å². The van der Waals surface area contributed by atoms with Crippen LogP contribution < -0.4 is 21.3 Å². The maximum absolute atomic E-state index is 17.2. The minimum absolute atomic E-state index is 0.0413. The summed E-state index contributed by atoms with van der Waals surface area (Å²) in [6, 6.07) is 13.9. The van der Waals surface area contributed by atoms with Crippen LogP contribution in [0.15, 0.2) is 115 Å². The number of nitrogens with zero attached hydrogens (tertiary/aromatic N) is 11. The van der Waals surface area contributed by atoms with E-state index in [1.54, 1.807) is 24.5 Å². The largest absolute Gasteiger partial charge is 0.351 e. The lowest BCUT2D eigenvalue weighted by molar-refractivity contribution is -0.128. The molecule has 1 aliphatic heterocycles. The van der Waals surface area contributed by atoms with Crippen LogP contribution >= 0.6 is 0 Å². The van der Waals surface area contributed by atoms with E-state index in [0.717, 1.165) is 57.3 Å². The van der Waals surface area contributed by atoms with E-state index in [4.69, 9.17) is 10.1 Å². The summed E-state index contributed by atoms with van der Waals surface area (Å²) in [6.45, 7) is 10.1. The number of aromatic nitrogens is 11. The fraction of sp³-hybridized carbons (Fsp3) is 0.364. The molecule has 2 unspecified atom stereocenters. The van der Waals surface area contributed by atoms with Gasteiger partial charge in [0, 0.05) is 54.8 Å². The van der Waals surface area contributed by atoms with Gasteiger partial charge in [0.05, 0.1) is 55.2 Å². The molecule has 5 N–H and O–H groups in total. The second-order valence-corrected chi connectivity index (χ2v) is 20.3. The number of carbonyl (C=O) groups excluding carboxylic acids is 2. The molecule has 1 saturated carbocycles. The fourth-order valence-corrected chi connectivity index (χ4v) is 10.3. The average Bonchev–Trinajstić information content (AvgIpc) is 4.24. The number of amides is 2. The van der Waals surface area contributed by atoms with Crippen molar-refractivity contribution < 1.29 is 22.8 Å². The summed E-state index contributed by atoms with van der Waals surface area (Å²) >= 11 is 0. The molecule has 0 spiro atoms. The Hall–Kier alpha value is -8.36.